The zero-order valence-corrected chi connectivity index (χ0v) is 38.9. The van der Waals surface area contributed by atoms with Gasteiger partial charge in [-0.15, -0.1) is 0 Å². The Hall–Kier alpha value is -8.72. The minimum atomic E-state index is -0.494. The summed E-state index contributed by atoms with van der Waals surface area (Å²) in [7, 11) is 0. The lowest BCUT2D eigenvalue weighted by Gasteiger charge is -2.32. The van der Waals surface area contributed by atoms with Crippen molar-refractivity contribution in [2.45, 2.75) is 24.7 Å². The number of rotatable bonds is 5. The molecule has 3 aliphatic carbocycles. The summed E-state index contributed by atoms with van der Waals surface area (Å²) < 4.78 is 7.57. The zero-order valence-electron chi connectivity index (χ0n) is 38.9. The summed E-state index contributed by atoms with van der Waals surface area (Å²) in [6.45, 7) is 4.72. The van der Waals surface area contributed by atoms with Gasteiger partial charge < -0.3 is 9.32 Å². The molecule has 1 heterocycles. The summed E-state index contributed by atoms with van der Waals surface area (Å²) in [6.07, 6.45) is 0. The number of nitrogens with zero attached hydrogens (tertiary/aromatic N) is 1. The predicted octanol–water partition coefficient (Wildman–Crippen LogP) is 18.2. The Morgan fingerprint density at radius 3 is 1.57 bits per heavy atom. The van der Waals surface area contributed by atoms with Gasteiger partial charge in [0.25, 0.3) is 0 Å². The lowest BCUT2D eigenvalue weighted by atomic mass is 9.70. The SMILES string of the molecule is CC1(C)c2ccccc2-c2ccc(-c3c4ccccc4cc4c3oc3c(N(c5ccc6c(c5)C5(c7ccccc7-c7ccccc75)c5ccccc5-6)c5ccccc5-c5ccccc5)cccc34)cc21. The second-order valence-corrected chi connectivity index (χ2v) is 19.9. The van der Waals surface area contributed by atoms with Gasteiger partial charge in [0.1, 0.15) is 5.58 Å². The summed E-state index contributed by atoms with van der Waals surface area (Å²) in [5.74, 6) is 0. The van der Waals surface area contributed by atoms with E-state index in [2.05, 4.69) is 255 Å². The smallest absolute Gasteiger partial charge is 0.159 e. The maximum atomic E-state index is 7.57. The standard InChI is InChI=1S/C68H45NO/c1-67(2)56-29-13-8-24-48(56)52-37-35-44(40-60(52)67)64-47-23-7-6-21-43(47)39-55-54-28-18-34-63(65(54)70-66(55)64)69(62-33-17-12-22-46(62)42-19-4-3-5-20-42)45-36-38-53-51-27-11-16-32-59(51)68(61(53)41-45)57-30-14-9-25-49(57)50-26-10-15-31-58(50)68/h3-41H,1-2H3. The van der Waals surface area contributed by atoms with E-state index in [1.54, 1.807) is 0 Å². The third-order valence-corrected chi connectivity index (χ3v) is 16.1. The van der Waals surface area contributed by atoms with Crippen molar-refractivity contribution in [1.29, 1.82) is 0 Å². The number of benzene rings is 11. The molecular formula is C68H45NO. The molecule has 0 amide bonds. The molecule has 0 N–H and O–H groups in total. The molecule has 70 heavy (non-hydrogen) atoms. The molecule has 15 rings (SSSR count). The fraction of sp³-hybridized carbons (Fsp3) is 0.0588. The van der Waals surface area contributed by atoms with Crippen molar-refractivity contribution in [1.82, 2.24) is 0 Å². The van der Waals surface area contributed by atoms with E-state index in [0.29, 0.717) is 0 Å². The lowest BCUT2D eigenvalue weighted by Crippen LogP contribution is -2.26. The van der Waals surface area contributed by atoms with Crippen LogP contribution in [0.4, 0.5) is 17.1 Å². The summed E-state index contributed by atoms with van der Waals surface area (Å²) in [6, 6.07) is 87.8. The van der Waals surface area contributed by atoms with Crippen LogP contribution in [0.2, 0.25) is 0 Å². The Balaban J connectivity index is 1.01. The van der Waals surface area contributed by atoms with E-state index < -0.39 is 5.41 Å². The Morgan fingerprint density at radius 1 is 0.329 bits per heavy atom. The van der Waals surface area contributed by atoms with Gasteiger partial charge in [0.15, 0.2) is 5.58 Å². The average Bonchev–Trinajstić information content (AvgIpc) is 4.10. The van der Waals surface area contributed by atoms with E-state index in [1.165, 1.54) is 77.5 Å². The van der Waals surface area contributed by atoms with Crippen LogP contribution in [-0.2, 0) is 10.8 Å². The quantitative estimate of drug-likeness (QED) is 0.171. The molecule has 328 valence electrons. The first-order valence-electron chi connectivity index (χ1n) is 24.5. The van der Waals surface area contributed by atoms with Crippen molar-refractivity contribution in [3.8, 4) is 55.6 Å². The monoisotopic (exact) mass is 891 g/mol. The van der Waals surface area contributed by atoms with Gasteiger partial charge in [-0.25, -0.2) is 0 Å². The van der Waals surface area contributed by atoms with Crippen LogP contribution in [-0.4, -0.2) is 0 Å². The molecule has 0 saturated carbocycles. The second-order valence-electron chi connectivity index (χ2n) is 19.9. The number of fused-ring (bicyclic) bond motifs is 17. The zero-order chi connectivity index (χ0) is 46.3. The maximum Gasteiger partial charge on any atom is 0.159 e. The molecule has 0 saturated heterocycles. The van der Waals surface area contributed by atoms with Crippen molar-refractivity contribution < 1.29 is 4.42 Å². The minimum Gasteiger partial charge on any atom is -0.453 e. The molecule has 1 aromatic heterocycles. The van der Waals surface area contributed by atoms with Gasteiger partial charge in [-0.05, 0) is 125 Å². The Morgan fingerprint density at radius 2 is 0.857 bits per heavy atom. The first kappa shape index (κ1) is 39.3. The van der Waals surface area contributed by atoms with E-state index in [1.807, 2.05) is 0 Å². The molecule has 1 spiro atoms. The Kier molecular flexibility index (Phi) is 8.08. The van der Waals surface area contributed by atoms with Crippen LogP contribution in [0.15, 0.2) is 241 Å². The molecule has 2 heteroatoms. The Bertz CT molecular complexity index is 4110. The maximum absolute atomic E-state index is 7.57. The van der Waals surface area contributed by atoms with Crippen molar-refractivity contribution in [3.63, 3.8) is 0 Å². The van der Waals surface area contributed by atoms with E-state index in [9.17, 15) is 0 Å². The molecule has 0 fully saturated rings. The van der Waals surface area contributed by atoms with Crippen molar-refractivity contribution in [2.75, 3.05) is 4.90 Å². The first-order chi connectivity index (χ1) is 34.5. The Labute approximate surface area is 407 Å². The number of hydrogen-bond donors (Lipinski definition) is 0. The number of para-hydroxylation sites is 2. The van der Waals surface area contributed by atoms with E-state index in [0.717, 1.165) is 61.3 Å². The first-order valence-corrected chi connectivity index (χ1v) is 24.5. The molecule has 12 aromatic rings. The van der Waals surface area contributed by atoms with Crippen LogP contribution < -0.4 is 4.90 Å². The normalized spacial score (nSPS) is 14.1. The third-order valence-electron chi connectivity index (χ3n) is 16.1. The molecule has 0 unspecified atom stereocenters. The number of anilines is 3. The molecule has 0 aliphatic heterocycles. The van der Waals surface area contributed by atoms with Gasteiger partial charge >= 0.3 is 0 Å². The molecule has 0 atom stereocenters. The minimum absolute atomic E-state index is 0.141. The number of furan rings is 1. The van der Waals surface area contributed by atoms with E-state index in [4.69, 9.17) is 4.42 Å². The molecule has 2 nitrogen and oxygen atoms in total. The van der Waals surface area contributed by atoms with Crippen molar-refractivity contribution in [2.24, 2.45) is 0 Å². The van der Waals surface area contributed by atoms with Gasteiger partial charge in [0.2, 0.25) is 0 Å². The topological polar surface area (TPSA) is 16.4 Å². The molecule has 3 aliphatic rings. The molecular weight excluding hydrogens is 847 g/mol. The summed E-state index contributed by atoms with van der Waals surface area (Å²) in [5.41, 5.74) is 24.6. The van der Waals surface area contributed by atoms with Gasteiger partial charge in [-0.3, -0.25) is 0 Å². The van der Waals surface area contributed by atoms with Crippen molar-refractivity contribution in [3.05, 3.63) is 270 Å². The lowest BCUT2D eigenvalue weighted by molar-refractivity contribution is 0.660. The van der Waals surface area contributed by atoms with Crippen LogP contribution in [0.3, 0.4) is 0 Å². The highest BCUT2D eigenvalue weighted by molar-refractivity contribution is 6.20. The average molecular weight is 892 g/mol. The highest BCUT2D eigenvalue weighted by Crippen LogP contribution is 2.64. The van der Waals surface area contributed by atoms with Crippen LogP contribution >= 0.6 is 0 Å². The van der Waals surface area contributed by atoms with E-state index >= 15 is 0 Å². The summed E-state index contributed by atoms with van der Waals surface area (Å²) in [4.78, 5) is 2.46. The fourth-order valence-electron chi connectivity index (χ4n) is 13.1. The second kappa shape index (κ2) is 14.4. The van der Waals surface area contributed by atoms with Crippen LogP contribution in [0, 0.1) is 0 Å². The van der Waals surface area contributed by atoms with Crippen LogP contribution in [0.25, 0.3) is 88.3 Å². The number of hydrogen-bond acceptors (Lipinski definition) is 2. The largest absolute Gasteiger partial charge is 0.453 e. The van der Waals surface area contributed by atoms with E-state index in [-0.39, 0.29) is 5.41 Å². The van der Waals surface area contributed by atoms with Gasteiger partial charge in [0, 0.05) is 33.0 Å². The fourth-order valence-corrected chi connectivity index (χ4v) is 13.1. The highest BCUT2D eigenvalue weighted by atomic mass is 16.3. The third kappa shape index (κ3) is 5.17. The van der Waals surface area contributed by atoms with Gasteiger partial charge in [-0.2, -0.15) is 0 Å². The van der Waals surface area contributed by atoms with Crippen LogP contribution in [0.1, 0.15) is 47.2 Å². The molecule has 11 aromatic carbocycles. The predicted molar refractivity (Wildman–Crippen MR) is 291 cm³/mol. The highest BCUT2D eigenvalue weighted by Gasteiger charge is 2.51. The van der Waals surface area contributed by atoms with Gasteiger partial charge in [-0.1, -0.05) is 214 Å². The van der Waals surface area contributed by atoms with Crippen LogP contribution in [0.5, 0.6) is 0 Å². The summed E-state index contributed by atoms with van der Waals surface area (Å²) in [5, 5.41) is 4.55. The summed E-state index contributed by atoms with van der Waals surface area (Å²) >= 11 is 0. The van der Waals surface area contributed by atoms with Gasteiger partial charge in [0.05, 0.1) is 16.8 Å². The molecule has 0 radical (unpaired) electrons. The molecule has 0 bridgehead atoms. The van der Waals surface area contributed by atoms with Crippen molar-refractivity contribution >= 4 is 49.8 Å².